The van der Waals surface area contributed by atoms with Gasteiger partial charge in [-0.3, -0.25) is 9.20 Å². The Bertz CT molecular complexity index is 1210. The normalized spacial score (nSPS) is 10.8. The maximum absolute atomic E-state index is 12.8. The molecule has 0 saturated carbocycles. The fourth-order valence-electron chi connectivity index (χ4n) is 2.78. The summed E-state index contributed by atoms with van der Waals surface area (Å²) < 4.78 is 6.75. The van der Waals surface area contributed by atoms with Crippen LogP contribution in [0.2, 0.25) is 0 Å². The number of carbonyl (C=O) groups is 2. The van der Waals surface area contributed by atoms with E-state index in [0.29, 0.717) is 22.6 Å². The van der Waals surface area contributed by atoms with Gasteiger partial charge in [0.05, 0.1) is 6.20 Å². The molecule has 0 aliphatic carbocycles. The lowest BCUT2D eigenvalue weighted by Gasteiger charge is -2.09. The van der Waals surface area contributed by atoms with Gasteiger partial charge in [0.25, 0.3) is 5.91 Å². The highest BCUT2D eigenvalue weighted by Crippen LogP contribution is 2.24. The summed E-state index contributed by atoms with van der Waals surface area (Å²) in [6.45, 7) is 1.78. The molecule has 29 heavy (non-hydrogen) atoms. The lowest BCUT2D eigenvalue weighted by Crippen LogP contribution is -2.20. The van der Waals surface area contributed by atoms with Gasteiger partial charge in [-0.05, 0) is 30.7 Å². The minimum atomic E-state index is -1.18. The van der Waals surface area contributed by atoms with Gasteiger partial charge in [0.15, 0.2) is 0 Å². The second kappa shape index (κ2) is 7.43. The van der Waals surface area contributed by atoms with Gasteiger partial charge >= 0.3 is 6.09 Å². The molecule has 3 heterocycles. The Morgan fingerprint density at radius 3 is 2.93 bits per heavy atom. The average Bonchev–Trinajstić information content (AvgIpc) is 3.35. The predicted octanol–water partition coefficient (Wildman–Crippen LogP) is 2.71. The lowest BCUT2D eigenvalue weighted by molar-refractivity contribution is 0.102. The second-order valence-electron chi connectivity index (χ2n) is 6.23. The molecule has 4 rings (SSSR count). The molecule has 0 aliphatic rings. The van der Waals surface area contributed by atoms with E-state index in [4.69, 9.17) is 9.63 Å². The second-order valence-corrected chi connectivity index (χ2v) is 6.23. The summed E-state index contributed by atoms with van der Waals surface area (Å²) in [5.74, 6) is 0.125. The summed E-state index contributed by atoms with van der Waals surface area (Å²) in [6, 6.07) is 10.8. The maximum Gasteiger partial charge on any atom is 0.405 e. The zero-order chi connectivity index (χ0) is 20.4. The van der Waals surface area contributed by atoms with Crippen LogP contribution in [0.15, 0.2) is 53.3 Å². The van der Waals surface area contributed by atoms with E-state index in [9.17, 15) is 9.59 Å². The molecule has 146 valence electrons. The number of hydrogen-bond donors (Lipinski definition) is 3. The van der Waals surface area contributed by atoms with E-state index < -0.39 is 6.09 Å². The number of benzene rings is 1. The molecule has 2 amide bonds. The Kier molecular flexibility index (Phi) is 4.65. The summed E-state index contributed by atoms with van der Waals surface area (Å²) in [5.41, 5.74) is 3.15. The van der Waals surface area contributed by atoms with E-state index in [1.807, 2.05) is 31.2 Å². The first-order valence-electron chi connectivity index (χ1n) is 8.65. The zero-order valence-corrected chi connectivity index (χ0v) is 15.3. The van der Waals surface area contributed by atoms with Crippen molar-refractivity contribution in [3.05, 3.63) is 65.9 Å². The molecule has 3 aromatic heterocycles. The molecular formula is C19H16N6O4. The van der Waals surface area contributed by atoms with Crippen molar-refractivity contribution in [2.45, 2.75) is 13.5 Å². The minimum Gasteiger partial charge on any atom is -0.465 e. The maximum atomic E-state index is 12.8. The highest BCUT2D eigenvalue weighted by Gasteiger charge is 2.15. The number of nitrogens with one attached hydrogen (secondary N) is 2. The number of anilines is 1. The van der Waals surface area contributed by atoms with Gasteiger partial charge in [-0.1, -0.05) is 23.4 Å². The van der Waals surface area contributed by atoms with Gasteiger partial charge < -0.3 is 20.3 Å². The molecular weight excluding hydrogens is 376 g/mol. The molecule has 0 bridgehead atoms. The average molecular weight is 392 g/mol. The molecule has 0 radical (unpaired) electrons. The van der Waals surface area contributed by atoms with Crippen molar-refractivity contribution >= 4 is 23.3 Å². The quantitative estimate of drug-likeness (QED) is 0.475. The highest BCUT2D eigenvalue weighted by atomic mass is 16.5. The molecule has 0 spiro atoms. The van der Waals surface area contributed by atoms with Crippen LogP contribution in [0.5, 0.6) is 0 Å². The van der Waals surface area contributed by atoms with Crippen molar-refractivity contribution in [2.24, 2.45) is 0 Å². The first-order chi connectivity index (χ1) is 14.0. The number of nitrogens with zero attached hydrogens (tertiary/aromatic N) is 4. The Balaban J connectivity index is 1.57. The van der Waals surface area contributed by atoms with Crippen LogP contribution in [0.3, 0.4) is 0 Å². The van der Waals surface area contributed by atoms with Crippen molar-refractivity contribution < 1.29 is 19.2 Å². The summed E-state index contributed by atoms with van der Waals surface area (Å²) in [4.78, 5) is 31.7. The van der Waals surface area contributed by atoms with E-state index in [1.165, 1.54) is 6.20 Å². The number of rotatable bonds is 5. The van der Waals surface area contributed by atoms with Gasteiger partial charge in [-0.2, -0.15) is 4.98 Å². The van der Waals surface area contributed by atoms with Gasteiger partial charge in [-0.25, -0.2) is 9.78 Å². The van der Waals surface area contributed by atoms with Crippen LogP contribution in [-0.4, -0.2) is 36.6 Å². The topological polar surface area (TPSA) is 135 Å². The van der Waals surface area contributed by atoms with Crippen LogP contribution in [0, 0.1) is 6.92 Å². The predicted molar refractivity (Wildman–Crippen MR) is 102 cm³/mol. The summed E-state index contributed by atoms with van der Waals surface area (Å²) in [5, 5.41) is 17.6. The van der Waals surface area contributed by atoms with Crippen LogP contribution < -0.4 is 10.6 Å². The minimum absolute atomic E-state index is 0.0912. The highest BCUT2D eigenvalue weighted by molar-refractivity contribution is 6.04. The summed E-state index contributed by atoms with van der Waals surface area (Å²) in [6.07, 6.45) is 2.11. The third-order valence-electron chi connectivity index (χ3n) is 4.25. The first-order valence-corrected chi connectivity index (χ1v) is 8.65. The van der Waals surface area contributed by atoms with Crippen LogP contribution in [0.4, 0.5) is 10.5 Å². The Labute approximate surface area is 164 Å². The SMILES string of the molecule is Cc1ccc(-c2noc(CNC(=O)O)n2)cc1NC(=O)c1cnc2ccccn12. The van der Waals surface area contributed by atoms with Crippen molar-refractivity contribution in [3.63, 3.8) is 0 Å². The summed E-state index contributed by atoms with van der Waals surface area (Å²) >= 11 is 0. The van der Waals surface area contributed by atoms with Gasteiger partial charge in [-0.15, -0.1) is 0 Å². The fourth-order valence-corrected chi connectivity index (χ4v) is 2.78. The molecule has 1 aromatic carbocycles. The number of carbonyl (C=O) groups excluding carboxylic acids is 1. The van der Waals surface area contributed by atoms with E-state index in [0.717, 1.165) is 5.56 Å². The number of aromatic nitrogens is 4. The van der Waals surface area contributed by atoms with E-state index in [-0.39, 0.29) is 24.2 Å². The summed E-state index contributed by atoms with van der Waals surface area (Å²) in [7, 11) is 0. The van der Waals surface area contributed by atoms with Gasteiger partial charge in [0, 0.05) is 17.4 Å². The Morgan fingerprint density at radius 2 is 2.10 bits per heavy atom. The molecule has 10 nitrogen and oxygen atoms in total. The van der Waals surface area contributed by atoms with Crippen molar-refractivity contribution in [2.75, 3.05) is 5.32 Å². The van der Waals surface area contributed by atoms with Crippen molar-refractivity contribution in [1.82, 2.24) is 24.8 Å². The van der Waals surface area contributed by atoms with Crippen LogP contribution in [-0.2, 0) is 6.54 Å². The standard InChI is InChI=1S/C19H16N6O4/c1-11-5-6-12(17-23-16(29-24-17)10-21-19(27)28)8-13(11)22-18(26)14-9-20-15-4-2-3-7-25(14)15/h2-9,21H,10H2,1H3,(H,22,26)(H,27,28). The van der Waals surface area contributed by atoms with Crippen LogP contribution in [0.1, 0.15) is 21.9 Å². The number of aryl methyl sites for hydroxylation is 1. The number of imidazole rings is 1. The molecule has 4 aromatic rings. The molecule has 0 fully saturated rings. The van der Waals surface area contributed by atoms with Crippen molar-refractivity contribution in [3.8, 4) is 11.4 Å². The number of amides is 2. The molecule has 0 unspecified atom stereocenters. The van der Waals surface area contributed by atoms with E-state index in [1.54, 1.807) is 22.7 Å². The zero-order valence-electron chi connectivity index (χ0n) is 15.3. The molecule has 0 saturated heterocycles. The number of pyridine rings is 1. The van der Waals surface area contributed by atoms with E-state index >= 15 is 0 Å². The van der Waals surface area contributed by atoms with Crippen LogP contribution in [0.25, 0.3) is 17.0 Å². The number of hydrogen-bond acceptors (Lipinski definition) is 6. The van der Waals surface area contributed by atoms with Crippen molar-refractivity contribution in [1.29, 1.82) is 0 Å². The number of carboxylic acid groups (broad SMARTS) is 1. The third kappa shape index (κ3) is 3.76. The number of fused-ring (bicyclic) bond motifs is 1. The fraction of sp³-hybridized carbons (Fsp3) is 0.105. The largest absolute Gasteiger partial charge is 0.465 e. The van der Waals surface area contributed by atoms with Gasteiger partial charge in [0.2, 0.25) is 11.7 Å². The Hall–Kier alpha value is -4.21. The van der Waals surface area contributed by atoms with E-state index in [2.05, 4.69) is 25.8 Å². The molecule has 0 atom stereocenters. The van der Waals surface area contributed by atoms with Crippen LogP contribution >= 0.6 is 0 Å². The monoisotopic (exact) mass is 392 g/mol. The first kappa shape index (κ1) is 18.2. The Morgan fingerprint density at radius 1 is 1.24 bits per heavy atom. The molecule has 10 heteroatoms. The smallest absolute Gasteiger partial charge is 0.405 e. The van der Waals surface area contributed by atoms with Gasteiger partial charge in [0.1, 0.15) is 17.9 Å². The molecule has 0 aliphatic heterocycles. The molecule has 3 N–H and O–H groups in total. The third-order valence-corrected chi connectivity index (χ3v) is 4.25. The lowest BCUT2D eigenvalue weighted by atomic mass is 10.1.